The van der Waals surface area contributed by atoms with E-state index in [0.29, 0.717) is 23.0 Å². The Labute approximate surface area is 145 Å². The summed E-state index contributed by atoms with van der Waals surface area (Å²) in [5.74, 6) is -1.21. The molecule has 0 saturated heterocycles. The van der Waals surface area contributed by atoms with Gasteiger partial charge in [0.15, 0.2) is 0 Å². The molecular weight excluding hydrogens is 316 g/mol. The average molecular weight is 334 g/mol. The summed E-state index contributed by atoms with van der Waals surface area (Å²) in [4.78, 5) is 26.0. The molecule has 3 aromatic carbocycles. The molecule has 0 spiro atoms. The number of likely N-dealkylation sites (N-methyl/N-ethyl adjacent to an activating group) is 1. The van der Waals surface area contributed by atoms with Crippen molar-refractivity contribution in [1.29, 1.82) is 0 Å². The second-order valence-electron chi connectivity index (χ2n) is 5.78. The molecule has 0 unspecified atom stereocenters. The highest BCUT2D eigenvalue weighted by molar-refractivity contribution is 6.40. The predicted octanol–water partition coefficient (Wildman–Crippen LogP) is 3.14. The van der Waals surface area contributed by atoms with Crippen molar-refractivity contribution in [3.05, 3.63) is 72.3 Å². The number of rotatable bonds is 3. The van der Waals surface area contributed by atoms with E-state index in [0.717, 1.165) is 5.56 Å². The van der Waals surface area contributed by atoms with Gasteiger partial charge in [0.05, 0.1) is 0 Å². The Morgan fingerprint density at radius 2 is 1.60 bits per heavy atom. The Hall–Kier alpha value is -3.34. The van der Waals surface area contributed by atoms with Crippen LogP contribution in [0.15, 0.2) is 66.7 Å². The van der Waals surface area contributed by atoms with Gasteiger partial charge in [-0.15, -0.1) is 0 Å². The SMILES string of the molecule is CN(Cc1ccccc1)C(=O)C(=O)Nc1cccc2c(O)cccc12. The minimum absolute atomic E-state index is 0.126. The molecule has 0 aromatic heterocycles. The molecule has 2 N–H and O–H groups in total. The molecule has 25 heavy (non-hydrogen) atoms. The molecule has 0 radical (unpaired) electrons. The van der Waals surface area contributed by atoms with Crippen LogP contribution in [0, 0.1) is 0 Å². The number of anilines is 1. The first-order valence-electron chi connectivity index (χ1n) is 7.87. The molecule has 0 aliphatic carbocycles. The number of fused-ring (bicyclic) bond motifs is 1. The van der Waals surface area contributed by atoms with Gasteiger partial charge in [-0.2, -0.15) is 0 Å². The van der Waals surface area contributed by atoms with E-state index in [1.165, 1.54) is 4.90 Å². The highest BCUT2D eigenvalue weighted by Crippen LogP contribution is 2.29. The second kappa shape index (κ2) is 7.05. The average Bonchev–Trinajstić information content (AvgIpc) is 2.62. The Bertz CT molecular complexity index is 923. The lowest BCUT2D eigenvalue weighted by Crippen LogP contribution is -2.36. The maximum Gasteiger partial charge on any atom is 0.313 e. The lowest BCUT2D eigenvalue weighted by molar-refractivity contribution is -0.142. The van der Waals surface area contributed by atoms with Gasteiger partial charge in [0, 0.05) is 30.1 Å². The zero-order valence-corrected chi connectivity index (χ0v) is 13.8. The molecule has 0 fully saturated rings. The third-order valence-electron chi connectivity index (χ3n) is 3.95. The zero-order valence-electron chi connectivity index (χ0n) is 13.8. The van der Waals surface area contributed by atoms with Crippen molar-refractivity contribution in [3.8, 4) is 5.75 Å². The fourth-order valence-electron chi connectivity index (χ4n) is 2.68. The van der Waals surface area contributed by atoms with Crippen molar-refractivity contribution in [2.45, 2.75) is 6.54 Å². The van der Waals surface area contributed by atoms with Crippen molar-refractivity contribution in [3.63, 3.8) is 0 Å². The van der Waals surface area contributed by atoms with Crippen LogP contribution >= 0.6 is 0 Å². The van der Waals surface area contributed by atoms with Gasteiger partial charge in [0.1, 0.15) is 5.75 Å². The number of phenols is 1. The molecule has 0 bridgehead atoms. The standard InChI is InChI=1S/C20H18N2O3/c1-22(13-14-7-3-2-4-8-14)20(25)19(24)21-17-11-5-10-16-15(17)9-6-12-18(16)23/h2-12,23H,13H2,1H3,(H,21,24). The number of hydrogen-bond acceptors (Lipinski definition) is 3. The number of amides is 2. The molecule has 0 saturated carbocycles. The Kier molecular flexibility index (Phi) is 4.66. The van der Waals surface area contributed by atoms with Crippen LogP contribution in [0.2, 0.25) is 0 Å². The smallest absolute Gasteiger partial charge is 0.313 e. The van der Waals surface area contributed by atoms with E-state index in [1.807, 2.05) is 30.3 Å². The third-order valence-corrected chi connectivity index (χ3v) is 3.95. The molecule has 126 valence electrons. The van der Waals surface area contributed by atoms with E-state index in [2.05, 4.69) is 5.32 Å². The van der Waals surface area contributed by atoms with E-state index in [4.69, 9.17) is 0 Å². The molecule has 0 atom stereocenters. The van der Waals surface area contributed by atoms with Crippen molar-refractivity contribution in [1.82, 2.24) is 4.90 Å². The number of nitrogens with zero attached hydrogens (tertiary/aromatic N) is 1. The number of phenolic OH excluding ortho intramolecular Hbond substituents is 1. The minimum atomic E-state index is -0.714. The van der Waals surface area contributed by atoms with E-state index >= 15 is 0 Å². The number of carbonyl (C=O) groups excluding carboxylic acids is 2. The fourth-order valence-corrected chi connectivity index (χ4v) is 2.68. The van der Waals surface area contributed by atoms with E-state index in [-0.39, 0.29) is 5.75 Å². The zero-order chi connectivity index (χ0) is 17.8. The lowest BCUT2D eigenvalue weighted by Gasteiger charge is -2.17. The Balaban J connectivity index is 1.76. The van der Waals surface area contributed by atoms with Crippen LogP contribution in [-0.2, 0) is 16.1 Å². The third kappa shape index (κ3) is 3.61. The summed E-state index contributed by atoms with van der Waals surface area (Å²) >= 11 is 0. The van der Waals surface area contributed by atoms with Gasteiger partial charge >= 0.3 is 11.8 Å². The molecule has 0 aliphatic rings. The van der Waals surface area contributed by atoms with E-state index < -0.39 is 11.8 Å². The molecule has 3 rings (SSSR count). The Morgan fingerprint density at radius 3 is 2.36 bits per heavy atom. The first-order valence-corrected chi connectivity index (χ1v) is 7.87. The summed E-state index contributed by atoms with van der Waals surface area (Å²) in [7, 11) is 1.59. The van der Waals surface area contributed by atoms with Gasteiger partial charge in [0.25, 0.3) is 0 Å². The normalized spacial score (nSPS) is 10.4. The maximum atomic E-state index is 12.3. The maximum absolute atomic E-state index is 12.3. The molecule has 2 amide bonds. The molecular formula is C20H18N2O3. The summed E-state index contributed by atoms with van der Waals surface area (Å²) in [6.45, 7) is 0.351. The van der Waals surface area contributed by atoms with Gasteiger partial charge in [-0.1, -0.05) is 54.6 Å². The van der Waals surface area contributed by atoms with Crippen LogP contribution in [-0.4, -0.2) is 28.9 Å². The minimum Gasteiger partial charge on any atom is -0.507 e. The molecule has 0 aliphatic heterocycles. The first-order chi connectivity index (χ1) is 12.1. The quantitative estimate of drug-likeness (QED) is 0.723. The van der Waals surface area contributed by atoms with Crippen molar-refractivity contribution in [2.24, 2.45) is 0 Å². The summed E-state index contributed by atoms with van der Waals surface area (Å²) in [6.07, 6.45) is 0. The number of hydrogen-bond donors (Lipinski definition) is 2. The molecule has 0 heterocycles. The summed E-state index contributed by atoms with van der Waals surface area (Å²) < 4.78 is 0. The summed E-state index contributed by atoms with van der Waals surface area (Å²) in [6, 6.07) is 19.7. The van der Waals surface area contributed by atoms with Gasteiger partial charge < -0.3 is 15.3 Å². The van der Waals surface area contributed by atoms with Gasteiger partial charge in [-0.3, -0.25) is 9.59 Å². The second-order valence-corrected chi connectivity index (χ2v) is 5.78. The van der Waals surface area contributed by atoms with Gasteiger partial charge in [-0.05, 0) is 17.7 Å². The first kappa shape index (κ1) is 16.5. The van der Waals surface area contributed by atoms with Crippen molar-refractivity contribution in [2.75, 3.05) is 12.4 Å². The summed E-state index contributed by atoms with van der Waals surface area (Å²) in [5.41, 5.74) is 1.43. The largest absolute Gasteiger partial charge is 0.507 e. The highest BCUT2D eigenvalue weighted by Gasteiger charge is 2.19. The van der Waals surface area contributed by atoms with E-state index in [1.54, 1.807) is 43.4 Å². The number of benzene rings is 3. The van der Waals surface area contributed by atoms with Crippen LogP contribution in [0.1, 0.15) is 5.56 Å². The van der Waals surface area contributed by atoms with Crippen LogP contribution in [0.4, 0.5) is 5.69 Å². The van der Waals surface area contributed by atoms with E-state index in [9.17, 15) is 14.7 Å². The van der Waals surface area contributed by atoms with Gasteiger partial charge in [-0.25, -0.2) is 0 Å². The van der Waals surface area contributed by atoms with Crippen molar-refractivity contribution >= 4 is 28.3 Å². The van der Waals surface area contributed by atoms with Gasteiger partial charge in [0.2, 0.25) is 0 Å². The van der Waals surface area contributed by atoms with Crippen LogP contribution in [0.25, 0.3) is 10.8 Å². The molecule has 5 nitrogen and oxygen atoms in total. The summed E-state index contributed by atoms with van der Waals surface area (Å²) in [5, 5.41) is 13.8. The number of nitrogens with one attached hydrogen (secondary N) is 1. The van der Waals surface area contributed by atoms with Crippen LogP contribution < -0.4 is 5.32 Å². The van der Waals surface area contributed by atoms with Crippen molar-refractivity contribution < 1.29 is 14.7 Å². The lowest BCUT2D eigenvalue weighted by atomic mass is 10.1. The fraction of sp³-hybridized carbons (Fsp3) is 0.100. The number of aromatic hydroxyl groups is 1. The topological polar surface area (TPSA) is 69.6 Å². The Morgan fingerprint density at radius 1 is 0.920 bits per heavy atom. The molecule has 5 heteroatoms. The van der Waals surface area contributed by atoms with Crippen LogP contribution in [0.5, 0.6) is 5.75 Å². The predicted molar refractivity (Wildman–Crippen MR) is 97.2 cm³/mol. The van der Waals surface area contributed by atoms with Crippen LogP contribution in [0.3, 0.4) is 0 Å². The number of carbonyl (C=O) groups is 2. The highest BCUT2D eigenvalue weighted by atomic mass is 16.3. The molecule has 3 aromatic rings. The monoisotopic (exact) mass is 334 g/mol.